The van der Waals surface area contributed by atoms with Crippen LogP contribution < -0.4 is 0 Å². The summed E-state index contributed by atoms with van der Waals surface area (Å²) >= 11 is 0. The van der Waals surface area contributed by atoms with Crippen LogP contribution in [0.1, 0.15) is 71.1 Å². The van der Waals surface area contributed by atoms with E-state index in [4.69, 9.17) is 9.84 Å². The maximum Gasteiger partial charge on any atom is 0.303 e. The van der Waals surface area contributed by atoms with Crippen LogP contribution in [0, 0.1) is 0 Å². The van der Waals surface area contributed by atoms with E-state index < -0.39 is 5.97 Å². The minimum absolute atomic E-state index is 0.286. The standard InChI is InChI=1S/C18H30O3/c1-2-3-10-13-16-17(21-16)14-11-8-6-4-5-7-9-12-15-18(19)20/h4-5,8,11,16-17H,2-3,6-7,9-10,12-15H2,1H3,(H,19,20)/b5-4-,11-8-/t16-,17+/m0/s1. The molecule has 0 amide bonds. The first-order valence-corrected chi connectivity index (χ1v) is 8.41. The molecule has 1 N–H and O–H groups in total. The summed E-state index contributed by atoms with van der Waals surface area (Å²) in [5, 5.41) is 8.50. The molecule has 0 spiro atoms. The summed E-state index contributed by atoms with van der Waals surface area (Å²) in [4.78, 5) is 10.3. The molecule has 120 valence electrons. The molecule has 21 heavy (non-hydrogen) atoms. The zero-order valence-corrected chi connectivity index (χ0v) is 13.3. The van der Waals surface area contributed by atoms with Crippen LogP contribution in [0.4, 0.5) is 0 Å². The Balaban J connectivity index is 1.88. The average Bonchev–Trinajstić information content (AvgIpc) is 3.19. The number of carbonyl (C=O) groups is 1. The highest BCUT2D eigenvalue weighted by molar-refractivity contribution is 5.66. The Morgan fingerprint density at radius 3 is 2.62 bits per heavy atom. The van der Waals surface area contributed by atoms with Gasteiger partial charge in [0.25, 0.3) is 0 Å². The number of ether oxygens (including phenoxy) is 1. The monoisotopic (exact) mass is 294 g/mol. The second-order valence-corrected chi connectivity index (χ2v) is 5.76. The van der Waals surface area contributed by atoms with Gasteiger partial charge < -0.3 is 9.84 Å². The number of allylic oxidation sites excluding steroid dienone is 3. The van der Waals surface area contributed by atoms with Gasteiger partial charge in [-0.1, -0.05) is 50.5 Å². The van der Waals surface area contributed by atoms with Crippen LogP contribution in [0.25, 0.3) is 0 Å². The number of carboxylic acids is 1. The van der Waals surface area contributed by atoms with Crippen molar-refractivity contribution in [3.05, 3.63) is 24.3 Å². The van der Waals surface area contributed by atoms with Crippen LogP contribution in [0.3, 0.4) is 0 Å². The van der Waals surface area contributed by atoms with E-state index in [2.05, 4.69) is 31.2 Å². The SMILES string of the molecule is CCCCC[C@@H]1O[C@@H]1C/C=C\C/C=C\CCCCC(=O)O. The Bertz CT molecular complexity index is 333. The molecule has 0 aromatic heterocycles. The number of hydrogen-bond acceptors (Lipinski definition) is 2. The summed E-state index contributed by atoms with van der Waals surface area (Å²) in [6.45, 7) is 2.23. The molecule has 0 bridgehead atoms. The summed E-state index contributed by atoms with van der Waals surface area (Å²) in [5.74, 6) is -0.697. The molecule has 1 aliphatic heterocycles. The van der Waals surface area contributed by atoms with E-state index in [0.29, 0.717) is 12.2 Å². The van der Waals surface area contributed by atoms with Crippen LogP contribution in [-0.4, -0.2) is 23.3 Å². The van der Waals surface area contributed by atoms with E-state index in [1.807, 2.05) is 0 Å². The molecule has 1 saturated heterocycles. The molecular weight excluding hydrogens is 264 g/mol. The maximum atomic E-state index is 10.3. The van der Waals surface area contributed by atoms with Crippen LogP contribution in [0.5, 0.6) is 0 Å². The molecule has 1 heterocycles. The van der Waals surface area contributed by atoms with Crippen molar-refractivity contribution in [2.24, 2.45) is 0 Å². The Morgan fingerprint density at radius 2 is 1.86 bits per heavy atom. The minimum atomic E-state index is -0.697. The van der Waals surface area contributed by atoms with Gasteiger partial charge in [0, 0.05) is 6.42 Å². The quantitative estimate of drug-likeness (QED) is 0.299. The van der Waals surface area contributed by atoms with Crippen molar-refractivity contribution in [3.63, 3.8) is 0 Å². The lowest BCUT2D eigenvalue weighted by atomic mass is 10.1. The van der Waals surface area contributed by atoms with Crippen LogP contribution in [-0.2, 0) is 9.53 Å². The van der Waals surface area contributed by atoms with Gasteiger partial charge in [-0.25, -0.2) is 0 Å². The van der Waals surface area contributed by atoms with Gasteiger partial charge in [0.1, 0.15) is 0 Å². The smallest absolute Gasteiger partial charge is 0.303 e. The third-order valence-electron chi connectivity index (χ3n) is 3.77. The third kappa shape index (κ3) is 10.3. The second-order valence-electron chi connectivity index (χ2n) is 5.76. The number of unbranched alkanes of at least 4 members (excludes halogenated alkanes) is 4. The maximum absolute atomic E-state index is 10.3. The lowest BCUT2D eigenvalue weighted by molar-refractivity contribution is -0.137. The zero-order chi connectivity index (χ0) is 15.3. The predicted molar refractivity (Wildman–Crippen MR) is 86.4 cm³/mol. The summed E-state index contributed by atoms with van der Waals surface area (Å²) in [6.07, 6.45) is 19.8. The molecule has 1 aliphatic rings. The highest BCUT2D eigenvalue weighted by Crippen LogP contribution is 2.30. The first-order valence-electron chi connectivity index (χ1n) is 8.41. The highest BCUT2D eigenvalue weighted by atomic mass is 16.6. The molecule has 0 aromatic rings. The van der Waals surface area contributed by atoms with Gasteiger partial charge in [-0.3, -0.25) is 4.79 Å². The van der Waals surface area contributed by atoms with Gasteiger partial charge in [-0.2, -0.15) is 0 Å². The van der Waals surface area contributed by atoms with Crippen LogP contribution in [0.2, 0.25) is 0 Å². The fraction of sp³-hybridized carbons (Fsp3) is 0.722. The van der Waals surface area contributed by atoms with Crippen molar-refractivity contribution >= 4 is 5.97 Å². The van der Waals surface area contributed by atoms with Crippen molar-refractivity contribution in [2.45, 2.75) is 83.3 Å². The normalized spacial score (nSPS) is 21.4. The lowest BCUT2D eigenvalue weighted by Gasteiger charge is -1.93. The largest absolute Gasteiger partial charge is 0.481 e. The van der Waals surface area contributed by atoms with E-state index in [1.54, 1.807) is 0 Å². The Morgan fingerprint density at radius 1 is 1.05 bits per heavy atom. The van der Waals surface area contributed by atoms with Gasteiger partial charge in [0.2, 0.25) is 0 Å². The molecule has 1 rings (SSSR count). The van der Waals surface area contributed by atoms with E-state index in [1.165, 1.54) is 25.7 Å². The van der Waals surface area contributed by atoms with Gasteiger partial charge in [-0.05, 0) is 38.5 Å². The number of rotatable bonds is 13. The highest BCUT2D eigenvalue weighted by Gasteiger charge is 2.36. The molecule has 1 fully saturated rings. The van der Waals surface area contributed by atoms with Gasteiger partial charge in [-0.15, -0.1) is 0 Å². The Hall–Kier alpha value is -1.09. The van der Waals surface area contributed by atoms with Crippen molar-refractivity contribution < 1.29 is 14.6 Å². The summed E-state index contributed by atoms with van der Waals surface area (Å²) in [6, 6.07) is 0. The molecule has 3 nitrogen and oxygen atoms in total. The number of hydrogen-bond donors (Lipinski definition) is 1. The fourth-order valence-electron chi connectivity index (χ4n) is 2.39. The van der Waals surface area contributed by atoms with E-state index in [0.717, 1.165) is 32.1 Å². The van der Waals surface area contributed by atoms with Crippen molar-refractivity contribution in [3.8, 4) is 0 Å². The average molecular weight is 294 g/mol. The third-order valence-corrected chi connectivity index (χ3v) is 3.77. The van der Waals surface area contributed by atoms with Gasteiger partial charge >= 0.3 is 5.97 Å². The molecule has 2 atom stereocenters. The lowest BCUT2D eigenvalue weighted by Crippen LogP contribution is -1.92. The Labute approximate surface area is 129 Å². The van der Waals surface area contributed by atoms with Gasteiger partial charge in [0.05, 0.1) is 12.2 Å². The van der Waals surface area contributed by atoms with Crippen LogP contribution >= 0.6 is 0 Å². The summed E-state index contributed by atoms with van der Waals surface area (Å²) in [5.41, 5.74) is 0. The minimum Gasteiger partial charge on any atom is -0.481 e. The fourth-order valence-corrected chi connectivity index (χ4v) is 2.39. The molecule has 0 aromatic carbocycles. The molecule has 3 heteroatoms. The van der Waals surface area contributed by atoms with Crippen molar-refractivity contribution in [1.82, 2.24) is 0 Å². The van der Waals surface area contributed by atoms with E-state index in [9.17, 15) is 4.79 Å². The summed E-state index contributed by atoms with van der Waals surface area (Å²) < 4.78 is 5.64. The molecule has 0 aliphatic carbocycles. The Kier molecular flexibility index (Phi) is 9.88. The van der Waals surface area contributed by atoms with E-state index >= 15 is 0 Å². The zero-order valence-electron chi connectivity index (χ0n) is 13.3. The number of carboxylic acid groups (broad SMARTS) is 1. The van der Waals surface area contributed by atoms with Crippen molar-refractivity contribution in [2.75, 3.05) is 0 Å². The van der Waals surface area contributed by atoms with Gasteiger partial charge in [0.15, 0.2) is 0 Å². The molecule has 0 radical (unpaired) electrons. The topological polar surface area (TPSA) is 49.8 Å². The first kappa shape index (κ1) is 18.0. The first-order chi connectivity index (χ1) is 10.2. The van der Waals surface area contributed by atoms with E-state index in [-0.39, 0.29) is 6.42 Å². The molecule has 0 unspecified atom stereocenters. The summed E-state index contributed by atoms with van der Waals surface area (Å²) in [7, 11) is 0. The van der Waals surface area contributed by atoms with Crippen LogP contribution in [0.15, 0.2) is 24.3 Å². The van der Waals surface area contributed by atoms with Crippen molar-refractivity contribution in [1.29, 1.82) is 0 Å². The number of aliphatic carboxylic acids is 1. The molecular formula is C18H30O3. The number of epoxide rings is 1. The predicted octanol–water partition coefficient (Wildman–Crippen LogP) is 4.87. The molecule has 0 saturated carbocycles. The second kappa shape index (κ2) is 11.6.